The van der Waals surface area contributed by atoms with E-state index in [1.54, 1.807) is 0 Å². The number of benzene rings is 1. The zero-order valence-corrected chi connectivity index (χ0v) is 15.7. The lowest BCUT2D eigenvalue weighted by molar-refractivity contribution is -0.124. The molecule has 7 heteroatoms. The molecule has 0 aliphatic heterocycles. The van der Waals surface area contributed by atoms with Crippen molar-refractivity contribution in [3.05, 3.63) is 22.7 Å². The van der Waals surface area contributed by atoms with E-state index in [0.717, 1.165) is 12.8 Å². The van der Waals surface area contributed by atoms with Gasteiger partial charge in [0.2, 0.25) is 0 Å². The molecule has 138 valence electrons. The first-order chi connectivity index (χ1) is 11.8. The average molecular weight is 370 g/mol. The maximum absolute atomic E-state index is 12.2. The highest BCUT2D eigenvalue weighted by molar-refractivity contribution is 6.32. The SMILES string of the molecule is COc1cc(C(=O)OCC(=O)N[C@@H](C)C2CC2)cc(Cl)c1OC(C)C. The van der Waals surface area contributed by atoms with Crippen LogP contribution in [0.5, 0.6) is 11.5 Å². The number of carbonyl (C=O) groups excluding carboxylic acids is 2. The normalized spacial score (nSPS) is 14.8. The standard InChI is InChI=1S/C18H24ClNO5/c1-10(2)25-17-14(19)7-13(8-15(17)23-4)18(22)24-9-16(21)20-11(3)12-5-6-12/h7-8,10-12H,5-6,9H2,1-4H3,(H,20,21)/t11-/m0/s1. The number of hydrogen-bond acceptors (Lipinski definition) is 5. The van der Waals surface area contributed by atoms with Gasteiger partial charge in [-0.15, -0.1) is 0 Å². The molecule has 1 aliphatic carbocycles. The number of esters is 1. The molecule has 1 aromatic carbocycles. The molecule has 1 amide bonds. The van der Waals surface area contributed by atoms with Crippen LogP contribution in [-0.2, 0) is 9.53 Å². The number of carbonyl (C=O) groups is 2. The van der Waals surface area contributed by atoms with E-state index in [4.69, 9.17) is 25.8 Å². The van der Waals surface area contributed by atoms with E-state index in [1.807, 2.05) is 20.8 Å². The molecule has 2 rings (SSSR count). The molecule has 0 radical (unpaired) electrons. The summed E-state index contributed by atoms with van der Waals surface area (Å²) in [6, 6.07) is 3.03. The molecule has 0 heterocycles. The van der Waals surface area contributed by atoms with E-state index in [1.165, 1.54) is 19.2 Å². The maximum atomic E-state index is 12.2. The first-order valence-corrected chi connectivity index (χ1v) is 8.70. The molecule has 0 aromatic heterocycles. The molecule has 0 unspecified atom stereocenters. The molecule has 0 spiro atoms. The summed E-state index contributed by atoms with van der Waals surface area (Å²) in [7, 11) is 1.46. The van der Waals surface area contributed by atoms with E-state index in [-0.39, 0.29) is 35.2 Å². The lowest BCUT2D eigenvalue weighted by Gasteiger charge is -2.16. The van der Waals surface area contributed by atoms with E-state index < -0.39 is 5.97 Å². The van der Waals surface area contributed by atoms with Crippen LogP contribution in [0.2, 0.25) is 5.02 Å². The molecule has 1 fully saturated rings. The molecule has 1 N–H and O–H groups in total. The van der Waals surface area contributed by atoms with Gasteiger partial charge in [-0.2, -0.15) is 0 Å². The Balaban J connectivity index is 1.98. The molecule has 0 saturated heterocycles. The second kappa shape index (κ2) is 8.43. The van der Waals surface area contributed by atoms with Gasteiger partial charge in [-0.05, 0) is 51.7 Å². The number of ether oxygens (including phenoxy) is 3. The van der Waals surface area contributed by atoms with Gasteiger partial charge in [0.05, 0.1) is 23.8 Å². The number of nitrogens with one attached hydrogen (secondary N) is 1. The predicted octanol–water partition coefficient (Wildman–Crippen LogP) is 3.21. The third-order valence-electron chi connectivity index (χ3n) is 3.87. The summed E-state index contributed by atoms with van der Waals surface area (Å²) in [5.41, 5.74) is 0.195. The van der Waals surface area contributed by atoms with Crippen molar-refractivity contribution in [2.24, 2.45) is 5.92 Å². The Hall–Kier alpha value is -1.95. The van der Waals surface area contributed by atoms with Gasteiger partial charge in [0.25, 0.3) is 5.91 Å². The van der Waals surface area contributed by atoms with Crippen molar-refractivity contribution in [1.82, 2.24) is 5.32 Å². The van der Waals surface area contributed by atoms with Crippen LogP contribution in [0.1, 0.15) is 44.0 Å². The zero-order chi connectivity index (χ0) is 18.6. The number of halogens is 1. The Morgan fingerprint density at radius 1 is 1.28 bits per heavy atom. The molecule has 6 nitrogen and oxygen atoms in total. The summed E-state index contributed by atoms with van der Waals surface area (Å²) >= 11 is 6.18. The first-order valence-electron chi connectivity index (χ1n) is 8.32. The van der Waals surface area contributed by atoms with E-state index in [9.17, 15) is 9.59 Å². The van der Waals surface area contributed by atoms with Crippen molar-refractivity contribution in [3.8, 4) is 11.5 Å². The number of methoxy groups -OCH3 is 1. The monoisotopic (exact) mass is 369 g/mol. The highest BCUT2D eigenvalue weighted by Gasteiger charge is 2.29. The van der Waals surface area contributed by atoms with Crippen LogP contribution < -0.4 is 14.8 Å². The Labute approximate surface area is 152 Å². The second-order valence-corrected chi connectivity index (χ2v) is 6.83. The van der Waals surface area contributed by atoms with Crippen LogP contribution >= 0.6 is 11.6 Å². The minimum Gasteiger partial charge on any atom is -0.493 e. The fourth-order valence-corrected chi connectivity index (χ4v) is 2.67. The summed E-state index contributed by atoms with van der Waals surface area (Å²) in [5.74, 6) is 0.277. The highest BCUT2D eigenvalue weighted by Crippen LogP contribution is 2.37. The average Bonchev–Trinajstić information content (AvgIpc) is 3.38. The highest BCUT2D eigenvalue weighted by atomic mass is 35.5. The quantitative estimate of drug-likeness (QED) is 0.712. The van der Waals surface area contributed by atoms with Gasteiger partial charge in [-0.1, -0.05) is 11.6 Å². The van der Waals surface area contributed by atoms with Gasteiger partial charge in [-0.3, -0.25) is 4.79 Å². The zero-order valence-electron chi connectivity index (χ0n) is 14.9. The second-order valence-electron chi connectivity index (χ2n) is 6.43. The molecule has 1 atom stereocenters. The fourth-order valence-electron chi connectivity index (χ4n) is 2.41. The first kappa shape index (κ1) is 19.4. The van der Waals surface area contributed by atoms with Crippen molar-refractivity contribution >= 4 is 23.5 Å². The molecule has 0 bridgehead atoms. The summed E-state index contributed by atoms with van der Waals surface area (Å²) < 4.78 is 15.9. The van der Waals surface area contributed by atoms with Crippen molar-refractivity contribution in [3.63, 3.8) is 0 Å². The minimum atomic E-state index is -0.648. The van der Waals surface area contributed by atoms with Crippen LogP contribution in [0.3, 0.4) is 0 Å². The lowest BCUT2D eigenvalue weighted by atomic mass is 10.2. The smallest absolute Gasteiger partial charge is 0.338 e. The molecular formula is C18H24ClNO5. The van der Waals surface area contributed by atoms with Crippen LogP contribution in [0.25, 0.3) is 0 Å². The third-order valence-corrected chi connectivity index (χ3v) is 4.15. The summed E-state index contributed by atoms with van der Waals surface area (Å²) in [6.07, 6.45) is 2.16. The lowest BCUT2D eigenvalue weighted by Crippen LogP contribution is -2.37. The third kappa shape index (κ3) is 5.53. The Bertz CT molecular complexity index is 643. The Morgan fingerprint density at radius 3 is 2.52 bits per heavy atom. The number of amides is 1. The molecular weight excluding hydrogens is 346 g/mol. The van der Waals surface area contributed by atoms with Crippen molar-refractivity contribution in [2.75, 3.05) is 13.7 Å². The van der Waals surface area contributed by atoms with E-state index >= 15 is 0 Å². The van der Waals surface area contributed by atoms with Gasteiger partial charge in [-0.25, -0.2) is 4.79 Å². The summed E-state index contributed by atoms with van der Waals surface area (Å²) in [5, 5.41) is 3.07. The Morgan fingerprint density at radius 2 is 1.96 bits per heavy atom. The van der Waals surface area contributed by atoms with Crippen molar-refractivity contribution in [1.29, 1.82) is 0 Å². The molecule has 1 aliphatic rings. The van der Waals surface area contributed by atoms with Crippen LogP contribution in [-0.4, -0.2) is 37.7 Å². The van der Waals surface area contributed by atoms with Gasteiger partial charge in [0.15, 0.2) is 18.1 Å². The molecule has 1 aromatic rings. The number of hydrogen-bond donors (Lipinski definition) is 1. The van der Waals surface area contributed by atoms with Crippen molar-refractivity contribution in [2.45, 2.75) is 45.8 Å². The number of rotatable bonds is 8. The summed E-state index contributed by atoms with van der Waals surface area (Å²) in [6.45, 7) is 5.34. The van der Waals surface area contributed by atoms with E-state index in [0.29, 0.717) is 17.4 Å². The van der Waals surface area contributed by atoms with Crippen LogP contribution in [0.15, 0.2) is 12.1 Å². The van der Waals surface area contributed by atoms with Crippen LogP contribution in [0, 0.1) is 5.92 Å². The van der Waals surface area contributed by atoms with Gasteiger partial charge < -0.3 is 19.5 Å². The van der Waals surface area contributed by atoms with Gasteiger partial charge in [0, 0.05) is 6.04 Å². The van der Waals surface area contributed by atoms with Crippen LogP contribution in [0.4, 0.5) is 0 Å². The van der Waals surface area contributed by atoms with E-state index in [2.05, 4.69) is 5.32 Å². The van der Waals surface area contributed by atoms with Crippen molar-refractivity contribution < 1.29 is 23.8 Å². The minimum absolute atomic E-state index is 0.0960. The summed E-state index contributed by atoms with van der Waals surface area (Å²) in [4.78, 5) is 24.0. The largest absolute Gasteiger partial charge is 0.493 e. The van der Waals surface area contributed by atoms with Gasteiger partial charge in [0.1, 0.15) is 0 Å². The predicted molar refractivity (Wildman–Crippen MR) is 94.4 cm³/mol. The topological polar surface area (TPSA) is 73.9 Å². The maximum Gasteiger partial charge on any atom is 0.338 e. The molecule has 25 heavy (non-hydrogen) atoms. The van der Waals surface area contributed by atoms with Gasteiger partial charge >= 0.3 is 5.97 Å². The molecule has 1 saturated carbocycles. The Kier molecular flexibility index (Phi) is 6.53. The fraction of sp³-hybridized carbons (Fsp3) is 0.556.